The second-order valence-electron chi connectivity index (χ2n) is 5.84. The van der Waals surface area contributed by atoms with Crippen LogP contribution in [0.1, 0.15) is 6.42 Å². The molecule has 5 nitrogen and oxygen atoms in total. The quantitative estimate of drug-likeness (QED) is 0.881. The number of rotatable bonds is 4. The van der Waals surface area contributed by atoms with Gasteiger partial charge in [0.15, 0.2) is 0 Å². The van der Waals surface area contributed by atoms with E-state index in [-0.39, 0.29) is 24.6 Å². The van der Waals surface area contributed by atoms with Crippen molar-refractivity contribution in [3.63, 3.8) is 0 Å². The summed E-state index contributed by atoms with van der Waals surface area (Å²) in [6.45, 7) is 0.0110. The van der Waals surface area contributed by atoms with E-state index in [0.717, 1.165) is 11.0 Å². The summed E-state index contributed by atoms with van der Waals surface area (Å²) in [6.07, 6.45) is -0.0630. The molecule has 1 aliphatic rings. The molecule has 136 valence electrons. The SMILES string of the molecule is COc1ccc(NC(=O)C2CC(=O)N(c3ccc(F)cc3F)C2)cc1Cl. The van der Waals surface area contributed by atoms with Crippen LogP contribution in [-0.4, -0.2) is 25.5 Å². The van der Waals surface area contributed by atoms with Crippen molar-refractivity contribution in [2.75, 3.05) is 23.9 Å². The van der Waals surface area contributed by atoms with E-state index < -0.39 is 23.5 Å². The van der Waals surface area contributed by atoms with Crippen molar-refractivity contribution < 1.29 is 23.1 Å². The van der Waals surface area contributed by atoms with Gasteiger partial charge in [-0.15, -0.1) is 0 Å². The Hall–Kier alpha value is -2.67. The summed E-state index contributed by atoms with van der Waals surface area (Å²) < 4.78 is 32.0. The van der Waals surface area contributed by atoms with Gasteiger partial charge in [0, 0.05) is 24.7 Å². The first kappa shape index (κ1) is 18.1. The predicted molar refractivity (Wildman–Crippen MR) is 93.5 cm³/mol. The third-order valence-electron chi connectivity index (χ3n) is 4.12. The van der Waals surface area contributed by atoms with E-state index in [0.29, 0.717) is 22.5 Å². The molecule has 1 fully saturated rings. The molecule has 0 aromatic heterocycles. The Morgan fingerprint density at radius 3 is 2.69 bits per heavy atom. The van der Waals surface area contributed by atoms with E-state index in [9.17, 15) is 18.4 Å². The van der Waals surface area contributed by atoms with Crippen molar-refractivity contribution in [1.82, 2.24) is 0 Å². The summed E-state index contributed by atoms with van der Waals surface area (Å²) in [6, 6.07) is 7.72. The Morgan fingerprint density at radius 1 is 1.27 bits per heavy atom. The standard InChI is InChI=1S/C18H15ClF2N2O3/c1-26-16-5-3-12(8-13(16)19)22-18(25)10-6-17(24)23(9-10)15-4-2-11(20)7-14(15)21/h2-5,7-8,10H,6,9H2,1H3,(H,22,25). The maximum Gasteiger partial charge on any atom is 0.229 e. The van der Waals surface area contributed by atoms with Crippen molar-refractivity contribution in [3.8, 4) is 5.75 Å². The van der Waals surface area contributed by atoms with E-state index in [1.807, 2.05) is 0 Å². The number of nitrogens with zero attached hydrogens (tertiary/aromatic N) is 1. The lowest BCUT2D eigenvalue weighted by Gasteiger charge is -2.17. The molecular formula is C18H15ClF2N2O3. The topological polar surface area (TPSA) is 58.6 Å². The molecule has 1 saturated heterocycles. The number of halogens is 3. The second-order valence-corrected chi connectivity index (χ2v) is 6.25. The molecule has 1 aliphatic heterocycles. The number of hydrogen-bond acceptors (Lipinski definition) is 3. The van der Waals surface area contributed by atoms with E-state index >= 15 is 0 Å². The van der Waals surface area contributed by atoms with E-state index in [2.05, 4.69) is 5.32 Å². The molecule has 0 bridgehead atoms. The third-order valence-corrected chi connectivity index (χ3v) is 4.41. The summed E-state index contributed by atoms with van der Waals surface area (Å²) in [5.41, 5.74) is 0.416. The van der Waals surface area contributed by atoms with Crippen LogP contribution in [0.4, 0.5) is 20.2 Å². The fraction of sp³-hybridized carbons (Fsp3) is 0.222. The number of anilines is 2. The minimum absolute atomic E-state index is 0.0110. The molecule has 0 spiro atoms. The zero-order valence-electron chi connectivity index (χ0n) is 13.8. The maximum absolute atomic E-state index is 13.9. The van der Waals surface area contributed by atoms with Crippen LogP contribution in [0.2, 0.25) is 5.02 Å². The molecule has 2 aromatic rings. The average molecular weight is 381 g/mol. The van der Waals surface area contributed by atoms with Crippen LogP contribution in [0.3, 0.4) is 0 Å². The van der Waals surface area contributed by atoms with Crippen LogP contribution in [0.5, 0.6) is 5.75 Å². The summed E-state index contributed by atoms with van der Waals surface area (Å²) in [7, 11) is 1.48. The van der Waals surface area contributed by atoms with Crippen molar-refractivity contribution >= 4 is 34.8 Å². The molecule has 3 rings (SSSR count). The van der Waals surface area contributed by atoms with Gasteiger partial charge in [-0.3, -0.25) is 9.59 Å². The molecule has 8 heteroatoms. The van der Waals surface area contributed by atoms with E-state index in [1.54, 1.807) is 12.1 Å². The van der Waals surface area contributed by atoms with Crippen LogP contribution in [-0.2, 0) is 9.59 Å². The average Bonchev–Trinajstić information content (AvgIpc) is 2.97. The van der Waals surface area contributed by atoms with Crippen LogP contribution in [0, 0.1) is 17.6 Å². The first-order valence-corrected chi connectivity index (χ1v) is 8.16. The minimum Gasteiger partial charge on any atom is -0.495 e. The normalized spacial score (nSPS) is 16.7. The zero-order chi connectivity index (χ0) is 18.8. The predicted octanol–water partition coefficient (Wildman–Crippen LogP) is 3.62. The number of carbonyl (C=O) groups excluding carboxylic acids is 2. The van der Waals surface area contributed by atoms with Gasteiger partial charge >= 0.3 is 0 Å². The lowest BCUT2D eigenvalue weighted by Crippen LogP contribution is -2.28. The monoisotopic (exact) mass is 380 g/mol. The number of ether oxygens (including phenoxy) is 1. The Bertz CT molecular complexity index is 876. The molecule has 0 saturated carbocycles. The van der Waals surface area contributed by atoms with Gasteiger partial charge in [0.2, 0.25) is 11.8 Å². The van der Waals surface area contributed by atoms with Crippen molar-refractivity contribution in [3.05, 3.63) is 53.1 Å². The van der Waals surface area contributed by atoms with Crippen LogP contribution < -0.4 is 15.0 Å². The third kappa shape index (κ3) is 3.62. The Balaban J connectivity index is 1.71. The molecule has 0 radical (unpaired) electrons. The van der Waals surface area contributed by atoms with Gasteiger partial charge in [0.1, 0.15) is 17.4 Å². The number of benzene rings is 2. The highest BCUT2D eigenvalue weighted by Gasteiger charge is 2.36. The van der Waals surface area contributed by atoms with Crippen molar-refractivity contribution in [2.24, 2.45) is 5.92 Å². The first-order valence-electron chi connectivity index (χ1n) is 7.79. The molecular weight excluding hydrogens is 366 g/mol. The largest absolute Gasteiger partial charge is 0.495 e. The van der Waals surface area contributed by atoms with Gasteiger partial charge in [0.05, 0.1) is 23.7 Å². The molecule has 1 unspecified atom stereocenters. The Morgan fingerprint density at radius 2 is 2.04 bits per heavy atom. The summed E-state index contributed by atoms with van der Waals surface area (Å²) in [4.78, 5) is 25.7. The fourth-order valence-electron chi connectivity index (χ4n) is 2.80. The number of carbonyl (C=O) groups is 2. The van der Waals surface area contributed by atoms with Crippen LogP contribution in [0.15, 0.2) is 36.4 Å². The van der Waals surface area contributed by atoms with Crippen LogP contribution in [0.25, 0.3) is 0 Å². The van der Waals surface area contributed by atoms with Crippen molar-refractivity contribution in [2.45, 2.75) is 6.42 Å². The highest BCUT2D eigenvalue weighted by molar-refractivity contribution is 6.32. The first-order chi connectivity index (χ1) is 12.4. The molecule has 1 N–H and O–H groups in total. The second kappa shape index (κ2) is 7.29. The van der Waals surface area contributed by atoms with E-state index in [4.69, 9.17) is 16.3 Å². The van der Waals surface area contributed by atoms with Crippen LogP contribution >= 0.6 is 11.6 Å². The molecule has 2 amide bonds. The van der Waals surface area contributed by atoms with Gasteiger partial charge < -0.3 is 15.0 Å². The molecule has 2 aromatic carbocycles. The number of amides is 2. The van der Waals surface area contributed by atoms with Gasteiger partial charge in [-0.1, -0.05) is 11.6 Å². The molecule has 26 heavy (non-hydrogen) atoms. The summed E-state index contributed by atoms with van der Waals surface area (Å²) in [5, 5.41) is 3.02. The smallest absolute Gasteiger partial charge is 0.229 e. The summed E-state index contributed by atoms with van der Waals surface area (Å²) in [5.74, 6) is -2.55. The fourth-order valence-corrected chi connectivity index (χ4v) is 3.06. The number of hydrogen-bond donors (Lipinski definition) is 1. The summed E-state index contributed by atoms with van der Waals surface area (Å²) >= 11 is 6.02. The van der Waals surface area contributed by atoms with Gasteiger partial charge in [-0.05, 0) is 30.3 Å². The Kier molecular flexibility index (Phi) is 5.08. The molecule has 0 aliphatic carbocycles. The van der Waals surface area contributed by atoms with Gasteiger partial charge in [-0.25, -0.2) is 8.78 Å². The number of nitrogens with one attached hydrogen (secondary N) is 1. The zero-order valence-corrected chi connectivity index (χ0v) is 14.5. The molecule has 1 heterocycles. The maximum atomic E-state index is 13.9. The van der Waals surface area contributed by atoms with Crippen molar-refractivity contribution in [1.29, 1.82) is 0 Å². The minimum atomic E-state index is -0.846. The lowest BCUT2D eigenvalue weighted by atomic mass is 10.1. The Labute approximate surface area is 153 Å². The highest BCUT2D eigenvalue weighted by atomic mass is 35.5. The number of methoxy groups -OCH3 is 1. The van der Waals surface area contributed by atoms with Gasteiger partial charge in [-0.2, -0.15) is 0 Å². The van der Waals surface area contributed by atoms with Gasteiger partial charge in [0.25, 0.3) is 0 Å². The molecule has 1 atom stereocenters. The lowest BCUT2D eigenvalue weighted by molar-refractivity contribution is -0.122. The highest BCUT2D eigenvalue weighted by Crippen LogP contribution is 2.30. The van der Waals surface area contributed by atoms with E-state index in [1.165, 1.54) is 19.2 Å².